The lowest BCUT2D eigenvalue weighted by Gasteiger charge is -2.20. The van der Waals surface area contributed by atoms with E-state index in [9.17, 15) is 4.79 Å². The highest BCUT2D eigenvalue weighted by Crippen LogP contribution is 2.26. The van der Waals surface area contributed by atoms with Crippen molar-refractivity contribution in [1.82, 2.24) is 0 Å². The van der Waals surface area contributed by atoms with Gasteiger partial charge in [-0.2, -0.15) is 11.8 Å². The van der Waals surface area contributed by atoms with Crippen molar-refractivity contribution in [2.24, 2.45) is 5.73 Å². The molecule has 86 valence electrons. The van der Waals surface area contributed by atoms with Gasteiger partial charge in [-0.15, -0.1) is 0 Å². The molecule has 0 saturated carbocycles. The number of nitrogens with two attached hydrogens (primary N) is 1. The second kappa shape index (κ2) is 4.89. The van der Waals surface area contributed by atoms with Crippen LogP contribution in [0.5, 0.6) is 0 Å². The quantitative estimate of drug-likeness (QED) is 0.811. The molecule has 0 aliphatic carbocycles. The van der Waals surface area contributed by atoms with Gasteiger partial charge in [0.2, 0.25) is 0 Å². The van der Waals surface area contributed by atoms with E-state index in [-0.39, 0.29) is 5.97 Å². The van der Waals surface area contributed by atoms with Gasteiger partial charge in [0.05, 0.1) is 0 Å². The van der Waals surface area contributed by atoms with Gasteiger partial charge in [-0.1, -0.05) is 30.3 Å². The van der Waals surface area contributed by atoms with E-state index in [1.54, 1.807) is 11.8 Å². The number of esters is 1. The first-order valence-corrected chi connectivity index (χ1v) is 6.44. The summed E-state index contributed by atoms with van der Waals surface area (Å²) in [5.41, 5.74) is 6.20. The Morgan fingerprint density at radius 1 is 1.44 bits per heavy atom. The maximum absolute atomic E-state index is 11.8. The minimum absolute atomic E-state index is 0.277. The molecule has 1 heterocycles. The van der Waals surface area contributed by atoms with Crippen LogP contribution < -0.4 is 5.73 Å². The molecule has 1 atom stereocenters. The summed E-state index contributed by atoms with van der Waals surface area (Å²) in [4.78, 5) is 11.8. The number of thioether (sulfide) groups is 1. The predicted octanol–water partition coefficient (Wildman–Crippen LogP) is 1.56. The molecule has 1 unspecified atom stereocenters. The molecule has 0 aromatic heterocycles. The van der Waals surface area contributed by atoms with Crippen LogP contribution in [0.25, 0.3) is 0 Å². The van der Waals surface area contributed by atoms with Crippen molar-refractivity contribution in [2.75, 3.05) is 11.5 Å². The first-order valence-electron chi connectivity index (χ1n) is 5.28. The fraction of sp³-hybridized carbons (Fsp3) is 0.417. The molecule has 1 aliphatic heterocycles. The van der Waals surface area contributed by atoms with Gasteiger partial charge in [0.15, 0.2) is 0 Å². The van der Waals surface area contributed by atoms with E-state index in [4.69, 9.17) is 10.5 Å². The number of carbonyl (C=O) groups excluding carboxylic acids is 1. The highest BCUT2D eigenvalue weighted by Gasteiger charge is 2.39. The van der Waals surface area contributed by atoms with Crippen LogP contribution in [-0.2, 0) is 16.1 Å². The number of rotatable bonds is 3. The second-order valence-electron chi connectivity index (χ2n) is 4.02. The van der Waals surface area contributed by atoms with Gasteiger partial charge in [0, 0.05) is 5.75 Å². The third-order valence-electron chi connectivity index (χ3n) is 2.67. The summed E-state index contributed by atoms with van der Waals surface area (Å²) in [5.74, 6) is 1.33. The zero-order valence-corrected chi connectivity index (χ0v) is 9.83. The number of ether oxygens (including phenoxy) is 1. The highest BCUT2D eigenvalue weighted by molar-refractivity contribution is 7.99. The molecule has 1 saturated heterocycles. The minimum atomic E-state index is -0.764. The summed E-state index contributed by atoms with van der Waals surface area (Å²) >= 11 is 1.71. The van der Waals surface area contributed by atoms with Gasteiger partial charge in [-0.05, 0) is 17.7 Å². The molecule has 0 spiro atoms. The average Bonchev–Trinajstić information content (AvgIpc) is 2.76. The Labute approximate surface area is 99.4 Å². The molecule has 2 rings (SSSR count). The number of hydrogen-bond acceptors (Lipinski definition) is 4. The first kappa shape index (κ1) is 11.5. The van der Waals surface area contributed by atoms with E-state index in [2.05, 4.69) is 0 Å². The Morgan fingerprint density at radius 2 is 2.19 bits per heavy atom. The molecule has 16 heavy (non-hydrogen) atoms. The van der Waals surface area contributed by atoms with Gasteiger partial charge in [-0.3, -0.25) is 4.79 Å². The van der Waals surface area contributed by atoms with E-state index in [1.807, 2.05) is 30.3 Å². The van der Waals surface area contributed by atoms with Crippen LogP contribution in [0.3, 0.4) is 0 Å². The van der Waals surface area contributed by atoms with Crippen molar-refractivity contribution in [3.8, 4) is 0 Å². The van der Waals surface area contributed by atoms with Gasteiger partial charge < -0.3 is 10.5 Å². The van der Waals surface area contributed by atoms with Crippen molar-refractivity contribution >= 4 is 17.7 Å². The van der Waals surface area contributed by atoms with Crippen molar-refractivity contribution in [2.45, 2.75) is 18.6 Å². The van der Waals surface area contributed by atoms with Crippen molar-refractivity contribution < 1.29 is 9.53 Å². The summed E-state index contributed by atoms with van der Waals surface area (Å²) in [6.45, 7) is 0.309. The molecule has 1 fully saturated rings. The lowest BCUT2D eigenvalue weighted by atomic mass is 10.0. The monoisotopic (exact) mass is 237 g/mol. The van der Waals surface area contributed by atoms with E-state index < -0.39 is 5.54 Å². The third-order valence-corrected chi connectivity index (χ3v) is 3.88. The molecule has 4 heteroatoms. The van der Waals surface area contributed by atoms with Crippen LogP contribution in [0.4, 0.5) is 0 Å². The van der Waals surface area contributed by atoms with Gasteiger partial charge in [0.1, 0.15) is 12.1 Å². The van der Waals surface area contributed by atoms with Crippen molar-refractivity contribution in [3.05, 3.63) is 35.9 Å². The Morgan fingerprint density at radius 3 is 2.81 bits per heavy atom. The molecule has 1 aromatic carbocycles. The lowest BCUT2D eigenvalue weighted by Crippen LogP contribution is -2.49. The van der Waals surface area contributed by atoms with E-state index in [0.717, 1.165) is 11.3 Å². The van der Waals surface area contributed by atoms with Crippen LogP contribution in [0, 0.1) is 0 Å². The molecule has 0 bridgehead atoms. The molecule has 1 aromatic rings. The number of carbonyl (C=O) groups is 1. The SMILES string of the molecule is NC1(C(=O)OCc2ccccc2)CCSC1. The highest BCUT2D eigenvalue weighted by atomic mass is 32.2. The van der Waals surface area contributed by atoms with Crippen LogP contribution in [0.1, 0.15) is 12.0 Å². The fourth-order valence-electron chi connectivity index (χ4n) is 1.61. The van der Waals surface area contributed by atoms with E-state index in [1.165, 1.54) is 0 Å². The number of hydrogen-bond donors (Lipinski definition) is 1. The van der Waals surface area contributed by atoms with Crippen LogP contribution >= 0.6 is 11.8 Å². The summed E-state index contributed by atoms with van der Waals surface area (Å²) < 4.78 is 5.24. The van der Waals surface area contributed by atoms with Gasteiger partial charge >= 0.3 is 5.97 Å². The summed E-state index contributed by atoms with van der Waals surface area (Å²) in [7, 11) is 0. The smallest absolute Gasteiger partial charge is 0.327 e. The van der Waals surface area contributed by atoms with Gasteiger partial charge in [0.25, 0.3) is 0 Å². The molecular formula is C12H15NO2S. The molecule has 3 nitrogen and oxygen atoms in total. The summed E-state index contributed by atoms with van der Waals surface area (Å²) in [5, 5.41) is 0. The zero-order chi connectivity index (χ0) is 11.4. The standard InChI is InChI=1S/C12H15NO2S/c13-12(6-7-16-9-12)11(14)15-8-10-4-2-1-3-5-10/h1-5H,6-9,13H2. The zero-order valence-electron chi connectivity index (χ0n) is 9.02. The summed E-state index contributed by atoms with van der Waals surface area (Å²) in [6.07, 6.45) is 0.714. The maximum atomic E-state index is 11.8. The molecule has 0 amide bonds. The Balaban J connectivity index is 1.89. The first-order chi connectivity index (χ1) is 7.71. The van der Waals surface area contributed by atoms with Gasteiger partial charge in [-0.25, -0.2) is 0 Å². The average molecular weight is 237 g/mol. The molecule has 1 aliphatic rings. The number of benzene rings is 1. The summed E-state index contributed by atoms with van der Waals surface area (Å²) in [6, 6.07) is 9.64. The maximum Gasteiger partial charge on any atom is 0.327 e. The second-order valence-corrected chi connectivity index (χ2v) is 5.13. The molecule has 2 N–H and O–H groups in total. The molecular weight excluding hydrogens is 222 g/mol. The Hall–Kier alpha value is -1.00. The van der Waals surface area contributed by atoms with Crippen LogP contribution in [-0.4, -0.2) is 23.0 Å². The van der Waals surface area contributed by atoms with Crippen molar-refractivity contribution in [1.29, 1.82) is 0 Å². The minimum Gasteiger partial charge on any atom is -0.459 e. The normalized spacial score (nSPS) is 24.3. The lowest BCUT2D eigenvalue weighted by molar-refractivity contribution is -0.150. The largest absolute Gasteiger partial charge is 0.459 e. The van der Waals surface area contributed by atoms with E-state index >= 15 is 0 Å². The fourth-order valence-corrected chi connectivity index (χ4v) is 2.89. The topological polar surface area (TPSA) is 52.3 Å². The van der Waals surface area contributed by atoms with Crippen LogP contribution in [0.2, 0.25) is 0 Å². The predicted molar refractivity (Wildman–Crippen MR) is 65.1 cm³/mol. The molecule has 0 radical (unpaired) electrons. The third kappa shape index (κ3) is 2.57. The Kier molecular flexibility index (Phi) is 3.51. The van der Waals surface area contributed by atoms with Crippen LogP contribution in [0.15, 0.2) is 30.3 Å². The Bertz CT molecular complexity index is 361. The van der Waals surface area contributed by atoms with Crippen molar-refractivity contribution in [3.63, 3.8) is 0 Å². The van der Waals surface area contributed by atoms with E-state index in [0.29, 0.717) is 18.8 Å².